The number of ether oxygens (including phenoxy) is 3. The predicted molar refractivity (Wildman–Crippen MR) is 115 cm³/mol. The van der Waals surface area contributed by atoms with Crippen LogP contribution >= 0.6 is 11.3 Å². The molecule has 3 aromatic rings. The number of methoxy groups -OCH3 is 2. The molecule has 1 aromatic carbocycles. The number of carbonyl (C=O) groups excluding carboxylic acids is 1. The first-order valence-corrected chi connectivity index (χ1v) is 9.88. The van der Waals surface area contributed by atoms with E-state index in [-0.39, 0.29) is 22.7 Å². The van der Waals surface area contributed by atoms with Crippen LogP contribution in [0.1, 0.15) is 22.8 Å². The highest BCUT2D eigenvalue weighted by molar-refractivity contribution is 7.14. The zero-order chi connectivity index (χ0) is 22.5. The maximum Gasteiger partial charge on any atom is 0.341 e. The van der Waals surface area contributed by atoms with Gasteiger partial charge in [0.1, 0.15) is 16.1 Å². The van der Waals surface area contributed by atoms with Gasteiger partial charge in [0.15, 0.2) is 11.5 Å². The minimum atomic E-state index is -0.848. The Kier molecular flexibility index (Phi) is 6.55. The van der Waals surface area contributed by atoms with Crippen LogP contribution in [-0.2, 0) is 4.74 Å². The molecular formula is C20H19N3O7S. The van der Waals surface area contributed by atoms with E-state index in [4.69, 9.17) is 14.2 Å². The van der Waals surface area contributed by atoms with E-state index in [0.29, 0.717) is 22.6 Å². The second-order valence-corrected chi connectivity index (χ2v) is 6.91. The van der Waals surface area contributed by atoms with Gasteiger partial charge in [-0.1, -0.05) is 6.07 Å². The minimum Gasteiger partial charge on any atom is -0.494 e. The fourth-order valence-corrected chi connectivity index (χ4v) is 3.69. The number of aromatic amines is 2. The summed E-state index contributed by atoms with van der Waals surface area (Å²) in [5, 5.41) is 11.8. The van der Waals surface area contributed by atoms with E-state index in [1.165, 1.54) is 14.2 Å². The Balaban J connectivity index is 2.11. The summed E-state index contributed by atoms with van der Waals surface area (Å²) in [5.41, 5.74) is -0.511. The molecule has 3 rings (SSSR count). The van der Waals surface area contributed by atoms with E-state index in [1.807, 2.05) is 4.98 Å². The monoisotopic (exact) mass is 445 g/mol. The molecule has 0 spiro atoms. The number of aliphatic imine (C=N–C) groups is 1. The third-order valence-electron chi connectivity index (χ3n) is 4.22. The molecular weight excluding hydrogens is 426 g/mol. The Morgan fingerprint density at radius 3 is 2.58 bits per heavy atom. The molecule has 2 heterocycles. The number of aromatic nitrogens is 2. The van der Waals surface area contributed by atoms with Crippen LogP contribution in [0.2, 0.25) is 0 Å². The average Bonchev–Trinajstić information content (AvgIpc) is 3.16. The van der Waals surface area contributed by atoms with Gasteiger partial charge in [-0.15, -0.1) is 11.3 Å². The van der Waals surface area contributed by atoms with Gasteiger partial charge in [-0.3, -0.25) is 14.8 Å². The van der Waals surface area contributed by atoms with Crippen LogP contribution in [0.3, 0.4) is 0 Å². The lowest BCUT2D eigenvalue weighted by molar-refractivity contribution is 0.0529. The Morgan fingerprint density at radius 1 is 1.19 bits per heavy atom. The van der Waals surface area contributed by atoms with Crippen molar-refractivity contribution in [3.63, 3.8) is 0 Å². The second kappa shape index (κ2) is 9.30. The molecule has 11 heteroatoms. The van der Waals surface area contributed by atoms with Crippen molar-refractivity contribution in [3.05, 3.63) is 55.5 Å². The van der Waals surface area contributed by atoms with E-state index in [1.54, 1.807) is 30.5 Å². The standard InChI is InChI=1S/C20H19N3O7S/c1-4-30-19(26)15-12(10-5-6-13(28-2)14(7-10)29-3)9-31-18(15)21-8-11-16(24)22-20(27)23-17(11)25/h5-9H,4H2,1-3H3,(H3,22,23,24,25,27)/b21-8+. The number of esters is 1. The number of aromatic hydroxyl groups is 1. The summed E-state index contributed by atoms with van der Waals surface area (Å²) in [6.07, 6.45) is 1.07. The summed E-state index contributed by atoms with van der Waals surface area (Å²) < 4.78 is 15.8. The van der Waals surface area contributed by atoms with E-state index in [2.05, 4.69) is 9.98 Å². The molecule has 31 heavy (non-hydrogen) atoms. The fourth-order valence-electron chi connectivity index (χ4n) is 2.79. The van der Waals surface area contributed by atoms with Gasteiger partial charge in [0.2, 0.25) is 5.88 Å². The predicted octanol–water partition coefficient (Wildman–Crippen LogP) is 2.44. The molecule has 0 aliphatic rings. The number of benzene rings is 1. The van der Waals surface area contributed by atoms with Gasteiger partial charge in [0, 0.05) is 17.2 Å². The zero-order valence-electron chi connectivity index (χ0n) is 16.8. The van der Waals surface area contributed by atoms with Gasteiger partial charge in [-0.05, 0) is 24.6 Å². The summed E-state index contributed by atoms with van der Waals surface area (Å²) in [6, 6.07) is 5.19. The molecule has 0 unspecified atom stereocenters. The molecule has 0 saturated carbocycles. The maximum atomic E-state index is 12.7. The van der Waals surface area contributed by atoms with Gasteiger partial charge < -0.3 is 19.3 Å². The quantitative estimate of drug-likeness (QED) is 0.374. The molecule has 0 atom stereocenters. The van der Waals surface area contributed by atoms with Gasteiger partial charge in [-0.2, -0.15) is 0 Å². The molecule has 0 amide bonds. The molecule has 10 nitrogen and oxygen atoms in total. The highest BCUT2D eigenvalue weighted by Gasteiger charge is 2.22. The van der Waals surface area contributed by atoms with Gasteiger partial charge in [0.25, 0.3) is 5.56 Å². The summed E-state index contributed by atoms with van der Waals surface area (Å²) in [6.45, 7) is 1.84. The van der Waals surface area contributed by atoms with Crippen molar-refractivity contribution in [1.82, 2.24) is 9.97 Å². The number of thiophene rings is 1. The lowest BCUT2D eigenvalue weighted by Gasteiger charge is -2.10. The van der Waals surface area contributed by atoms with Crippen molar-refractivity contribution in [1.29, 1.82) is 0 Å². The largest absolute Gasteiger partial charge is 0.494 e. The summed E-state index contributed by atoms with van der Waals surface area (Å²) in [4.78, 5) is 44.1. The van der Waals surface area contributed by atoms with Gasteiger partial charge in [-0.25, -0.2) is 14.6 Å². The summed E-state index contributed by atoms with van der Waals surface area (Å²) in [7, 11) is 3.03. The molecule has 0 fully saturated rings. The smallest absolute Gasteiger partial charge is 0.341 e. The Morgan fingerprint density at radius 2 is 1.94 bits per heavy atom. The average molecular weight is 445 g/mol. The first-order valence-electron chi connectivity index (χ1n) is 9.00. The molecule has 0 bridgehead atoms. The van der Waals surface area contributed by atoms with Crippen LogP contribution in [0.4, 0.5) is 5.00 Å². The van der Waals surface area contributed by atoms with Crippen molar-refractivity contribution < 1.29 is 24.1 Å². The number of H-pyrrole nitrogens is 2. The van der Waals surface area contributed by atoms with Crippen LogP contribution in [0.5, 0.6) is 17.4 Å². The summed E-state index contributed by atoms with van der Waals surface area (Å²) >= 11 is 1.15. The van der Waals surface area contributed by atoms with Crippen molar-refractivity contribution in [2.24, 2.45) is 4.99 Å². The molecule has 0 saturated heterocycles. The van der Waals surface area contributed by atoms with Crippen molar-refractivity contribution in [3.8, 4) is 28.5 Å². The highest BCUT2D eigenvalue weighted by atomic mass is 32.1. The van der Waals surface area contributed by atoms with Gasteiger partial charge >= 0.3 is 11.7 Å². The number of nitrogens with zero attached hydrogens (tertiary/aromatic N) is 1. The van der Waals surface area contributed by atoms with Crippen molar-refractivity contribution in [2.45, 2.75) is 6.92 Å². The topological polar surface area (TPSA) is 143 Å². The molecule has 2 aromatic heterocycles. The normalized spacial score (nSPS) is 10.9. The molecule has 0 radical (unpaired) electrons. The third-order valence-corrected chi connectivity index (χ3v) is 5.10. The third kappa shape index (κ3) is 4.51. The lowest BCUT2D eigenvalue weighted by atomic mass is 10.0. The Labute approximate surface area is 179 Å². The summed E-state index contributed by atoms with van der Waals surface area (Å²) in [5.74, 6) is -0.215. The van der Waals surface area contributed by atoms with Crippen LogP contribution in [0.15, 0.2) is 38.2 Å². The number of carbonyl (C=O) groups is 1. The van der Waals surface area contributed by atoms with Crippen molar-refractivity contribution >= 4 is 28.5 Å². The van der Waals surface area contributed by atoms with Crippen LogP contribution in [-0.4, -0.2) is 48.1 Å². The highest BCUT2D eigenvalue weighted by Crippen LogP contribution is 2.40. The number of rotatable bonds is 7. The maximum absolute atomic E-state index is 12.7. The number of hydrogen-bond acceptors (Lipinski definition) is 9. The van der Waals surface area contributed by atoms with Crippen molar-refractivity contribution in [2.75, 3.05) is 20.8 Å². The lowest BCUT2D eigenvalue weighted by Crippen LogP contribution is -2.24. The van der Waals surface area contributed by atoms with Gasteiger partial charge in [0.05, 0.1) is 20.8 Å². The number of nitrogens with one attached hydrogen (secondary N) is 2. The van der Waals surface area contributed by atoms with E-state index >= 15 is 0 Å². The fraction of sp³-hybridized carbons (Fsp3) is 0.200. The Hall–Kier alpha value is -3.86. The zero-order valence-corrected chi connectivity index (χ0v) is 17.7. The SMILES string of the molecule is CCOC(=O)c1c(-c2ccc(OC)c(OC)c2)csc1/N=C/c1c(O)[nH]c(=O)[nH]c1=O. The second-order valence-electron chi connectivity index (χ2n) is 6.05. The first-order chi connectivity index (χ1) is 14.9. The van der Waals surface area contributed by atoms with Crippen LogP contribution in [0, 0.1) is 0 Å². The van der Waals surface area contributed by atoms with Crippen LogP contribution in [0.25, 0.3) is 11.1 Å². The van der Waals surface area contributed by atoms with E-state index in [0.717, 1.165) is 17.6 Å². The minimum absolute atomic E-state index is 0.156. The van der Waals surface area contributed by atoms with E-state index in [9.17, 15) is 19.5 Å². The molecule has 0 aliphatic heterocycles. The number of hydrogen-bond donors (Lipinski definition) is 3. The molecule has 162 valence electrons. The Bertz CT molecular complexity index is 1260. The first kappa shape index (κ1) is 21.8. The van der Waals surface area contributed by atoms with E-state index < -0.39 is 23.1 Å². The molecule has 0 aliphatic carbocycles. The van der Waals surface area contributed by atoms with Crippen LogP contribution < -0.4 is 20.7 Å². The molecule has 3 N–H and O–H groups in total.